The van der Waals surface area contributed by atoms with Crippen LogP contribution in [0.4, 0.5) is 0 Å². The van der Waals surface area contributed by atoms with Gasteiger partial charge in [0.05, 0.1) is 14.9 Å². The second-order valence-electron chi connectivity index (χ2n) is 3.69. The lowest BCUT2D eigenvalue weighted by molar-refractivity contribution is 0.562. The summed E-state index contributed by atoms with van der Waals surface area (Å²) in [7, 11) is -3.56. The van der Waals surface area contributed by atoms with Gasteiger partial charge in [-0.3, -0.25) is 0 Å². The van der Waals surface area contributed by atoms with Crippen molar-refractivity contribution in [2.75, 3.05) is 12.4 Å². The number of sulfonamides is 1. The summed E-state index contributed by atoms with van der Waals surface area (Å²) in [5.74, 6) is 0.457. The van der Waals surface area contributed by atoms with Crippen LogP contribution in [0.1, 0.15) is 6.92 Å². The summed E-state index contributed by atoms with van der Waals surface area (Å²) in [5.41, 5.74) is 0. The zero-order chi connectivity index (χ0) is 13.1. The minimum atomic E-state index is -3.56. The summed E-state index contributed by atoms with van der Waals surface area (Å²) in [6.45, 7) is 2.14. The van der Waals surface area contributed by atoms with Crippen LogP contribution in [0.15, 0.2) is 23.1 Å². The lowest BCUT2D eigenvalue weighted by Gasteiger charge is -2.10. The minimum absolute atomic E-state index is 0.0641. The molecule has 0 bridgehead atoms. The molecule has 0 amide bonds. The van der Waals surface area contributed by atoms with Gasteiger partial charge in [-0.25, -0.2) is 13.1 Å². The molecular weight excluding hydrogens is 305 g/mol. The molecule has 0 aromatic heterocycles. The van der Waals surface area contributed by atoms with Gasteiger partial charge in [-0.15, -0.1) is 11.6 Å². The van der Waals surface area contributed by atoms with Crippen molar-refractivity contribution in [1.29, 1.82) is 0 Å². The molecule has 0 fully saturated rings. The van der Waals surface area contributed by atoms with Crippen LogP contribution in [0, 0.1) is 5.92 Å². The Morgan fingerprint density at radius 1 is 1.29 bits per heavy atom. The van der Waals surface area contributed by atoms with E-state index in [4.69, 9.17) is 34.8 Å². The van der Waals surface area contributed by atoms with E-state index in [1.807, 2.05) is 6.92 Å². The van der Waals surface area contributed by atoms with E-state index in [0.717, 1.165) is 0 Å². The van der Waals surface area contributed by atoms with Crippen molar-refractivity contribution in [2.24, 2.45) is 5.92 Å². The molecule has 7 heteroatoms. The van der Waals surface area contributed by atoms with E-state index >= 15 is 0 Å². The van der Waals surface area contributed by atoms with Crippen LogP contribution in [0.5, 0.6) is 0 Å². The third-order valence-corrected chi connectivity index (χ3v) is 4.77. The Kier molecular flexibility index (Phi) is 5.54. The van der Waals surface area contributed by atoms with Gasteiger partial charge in [0.15, 0.2) is 0 Å². The highest BCUT2D eigenvalue weighted by atomic mass is 35.5. The highest BCUT2D eigenvalue weighted by Crippen LogP contribution is 2.24. The predicted octanol–water partition coefficient (Wildman–Crippen LogP) is 3.15. The van der Waals surface area contributed by atoms with Crippen LogP contribution >= 0.6 is 34.8 Å². The Labute approximate surface area is 116 Å². The molecule has 0 saturated carbocycles. The zero-order valence-corrected chi connectivity index (χ0v) is 12.2. The zero-order valence-electron chi connectivity index (χ0n) is 9.08. The van der Waals surface area contributed by atoms with Crippen LogP contribution in [0.2, 0.25) is 10.0 Å². The van der Waals surface area contributed by atoms with E-state index in [0.29, 0.717) is 10.9 Å². The monoisotopic (exact) mass is 315 g/mol. The third kappa shape index (κ3) is 4.30. The molecule has 0 saturated heterocycles. The second kappa shape index (κ2) is 6.25. The van der Waals surface area contributed by atoms with Crippen molar-refractivity contribution in [1.82, 2.24) is 4.72 Å². The molecule has 0 radical (unpaired) electrons. The molecule has 1 aromatic carbocycles. The maximum absolute atomic E-state index is 11.9. The van der Waals surface area contributed by atoms with Gasteiger partial charge in [0, 0.05) is 12.4 Å². The molecule has 0 aliphatic rings. The molecule has 96 valence electrons. The molecule has 1 aromatic rings. The number of rotatable bonds is 5. The van der Waals surface area contributed by atoms with Gasteiger partial charge in [-0.05, 0) is 24.1 Å². The number of alkyl halides is 1. The topological polar surface area (TPSA) is 46.2 Å². The first-order chi connectivity index (χ1) is 7.86. The summed E-state index contributed by atoms with van der Waals surface area (Å²) >= 11 is 17.1. The molecule has 1 atom stereocenters. The Hall–Kier alpha value is -0.000000000000000111. The maximum atomic E-state index is 11.9. The molecule has 0 aliphatic carbocycles. The van der Waals surface area contributed by atoms with Crippen LogP contribution < -0.4 is 4.72 Å². The molecule has 1 rings (SSSR count). The molecule has 17 heavy (non-hydrogen) atoms. The number of hydrogen-bond acceptors (Lipinski definition) is 2. The van der Waals surface area contributed by atoms with E-state index in [-0.39, 0.29) is 22.4 Å². The normalized spacial score (nSPS) is 13.6. The van der Waals surface area contributed by atoms with Gasteiger partial charge in [-0.1, -0.05) is 30.1 Å². The fraction of sp³-hybridized carbons (Fsp3) is 0.400. The van der Waals surface area contributed by atoms with Crippen LogP contribution in [0.25, 0.3) is 0 Å². The van der Waals surface area contributed by atoms with E-state index in [1.54, 1.807) is 0 Å². The lowest BCUT2D eigenvalue weighted by atomic mass is 10.2. The Morgan fingerprint density at radius 2 is 1.94 bits per heavy atom. The molecular formula is C10H12Cl3NO2S. The van der Waals surface area contributed by atoms with Gasteiger partial charge < -0.3 is 0 Å². The Balaban J connectivity index is 2.86. The van der Waals surface area contributed by atoms with E-state index < -0.39 is 10.0 Å². The molecule has 0 heterocycles. The van der Waals surface area contributed by atoms with Crippen molar-refractivity contribution >= 4 is 44.8 Å². The standard InChI is InChI=1S/C10H12Cl3NO2S/c1-7(5-11)6-14-17(15,16)8-2-3-9(12)10(13)4-8/h2-4,7,14H,5-6H2,1H3. The lowest BCUT2D eigenvalue weighted by Crippen LogP contribution is -2.29. The van der Waals surface area contributed by atoms with Gasteiger partial charge in [0.1, 0.15) is 0 Å². The first-order valence-corrected chi connectivity index (χ1v) is 7.65. The van der Waals surface area contributed by atoms with Crippen LogP contribution in [-0.2, 0) is 10.0 Å². The quantitative estimate of drug-likeness (QED) is 0.848. The number of nitrogens with one attached hydrogen (secondary N) is 1. The van der Waals surface area contributed by atoms with E-state index in [9.17, 15) is 8.42 Å². The summed E-state index contributed by atoms with van der Waals surface area (Å²) in [6.07, 6.45) is 0. The van der Waals surface area contributed by atoms with Crippen molar-refractivity contribution in [3.8, 4) is 0 Å². The third-order valence-electron chi connectivity index (χ3n) is 2.09. The number of halogens is 3. The Morgan fingerprint density at radius 3 is 2.47 bits per heavy atom. The first-order valence-electron chi connectivity index (χ1n) is 4.87. The van der Waals surface area contributed by atoms with Crippen molar-refractivity contribution in [2.45, 2.75) is 11.8 Å². The van der Waals surface area contributed by atoms with Gasteiger partial charge in [0.25, 0.3) is 0 Å². The molecule has 1 unspecified atom stereocenters. The minimum Gasteiger partial charge on any atom is -0.211 e. The SMILES string of the molecule is CC(CCl)CNS(=O)(=O)c1ccc(Cl)c(Cl)c1. The second-order valence-corrected chi connectivity index (χ2v) is 6.58. The van der Waals surface area contributed by atoms with Gasteiger partial charge in [-0.2, -0.15) is 0 Å². The number of hydrogen-bond donors (Lipinski definition) is 1. The average molecular weight is 317 g/mol. The largest absolute Gasteiger partial charge is 0.240 e. The van der Waals surface area contributed by atoms with E-state index in [1.165, 1.54) is 18.2 Å². The molecule has 0 aliphatic heterocycles. The van der Waals surface area contributed by atoms with Crippen LogP contribution in [0.3, 0.4) is 0 Å². The van der Waals surface area contributed by atoms with Crippen molar-refractivity contribution in [3.63, 3.8) is 0 Å². The van der Waals surface area contributed by atoms with E-state index in [2.05, 4.69) is 4.72 Å². The average Bonchev–Trinajstić information content (AvgIpc) is 2.29. The molecule has 3 nitrogen and oxygen atoms in total. The fourth-order valence-corrected chi connectivity index (χ4v) is 2.70. The Bertz CT molecular complexity index is 490. The highest BCUT2D eigenvalue weighted by Gasteiger charge is 2.16. The maximum Gasteiger partial charge on any atom is 0.240 e. The van der Waals surface area contributed by atoms with Crippen LogP contribution in [-0.4, -0.2) is 20.8 Å². The first kappa shape index (κ1) is 15.1. The van der Waals surface area contributed by atoms with Crippen molar-refractivity contribution in [3.05, 3.63) is 28.2 Å². The molecule has 0 spiro atoms. The fourth-order valence-electron chi connectivity index (χ4n) is 1.03. The highest BCUT2D eigenvalue weighted by molar-refractivity contribution is 7.89. The van der Waals surface area contributed by atoms with Gasteiger partial charge >= 0.3 is 0 Å². The van der Waals surface area contributed by atoms with Gasteiger partial charge in [0.2, 0.25) is 10.0 Å². The molecule has 1 N–H and O–H groups in total. The summed E-state index contributed by atoms with van der Waals surface area (Å²) in [6, 6.07) is 4.17. The number of benzene rings is 1. The van der Waals surface area contributed by atoms with Crippen molar-refractivity contribution < 1.29 is 8.42 Å². The summed E-state index contributed by atoms with van der Waals surface area (Å²) in [5, 5.41) is 0.527. The summed E-state index contributed by atoms with van der Waals surface area (Å²) < 4.78 is 26.2. The smallest absolute Gasteiger partial charge is 0.211 e. The summed E-state index contributed by atoms with van der Waals surface area (Å²) in [4.78, 5) is 0.0914. The predicted molar refractivity (Wildman–Crippen MR) is 71.5 cm³/mol.